The molecule has 2 N–H and O–H groups in total. The van der Waals surface area contributed by atoms with E-state index in [0.29, 0.717) is 11.1 Å². The molecule has 0 aromatic heterocycles. The third-order valence-electron chi connectivity index (χ3n) is 7.79. The largest absolute Gasteiger partial charge is 0.573 e. The summed E-state index contributed by atoms with van der Waals surface area (Å²) in [7, 11) is 0. The molecule has 1 saturated heterocycles. The molecule has 1 fully saturated rings. The number of carbonyl (C=O) groups excluding carboxylic acids is 2. The number of aliphatic hydroxyl groups is 1. The van der Waals surface area contributed by atoms with Gasteiger partial charge in [-0.1, -0.05) is 84.9 Å². The van der Waals surface area contributed by atoms with Gasteiger partial charge in [0.1, 0.15) is 24.1 Å². The Kier molecular flexibility index (Phi) is 10.4. The summed E-state index contributed by atoms with van der Waals surface area (Å²) in [6, 6.07) is 24.2. The molecule has 1 heterocycles. The minimum Gasteiger partial charge on any atom is -0.459 e. The zero-order chi connectivity index (χ0) is 35.2. The predicted octanol–water partition coefficient (Wildman–Crippen LogP) is 6.86. The van der Waals surface area contributed by atoms with Crippen LogP contribution in [-0.4, -0.2) is 53.4 Å². The summed E-state index contributed by atoms with van der Waals surface area (Å²) in [4.78, 5) is 28.5. The summed E-state index contributed by atoms with van der Waals surface area (Å²) >= 11 is 0. The summed E-state index contributed by atoms with van der Waals surface area (Å²) in [6.07, 6.45) is -11.6. The van der Waals surface area contributed by atoms with Gasteiger partial charge < -0.3 is 29.5 Å². The number of carbonyl (C=O) groups is 2. The third-order valence-corrected chi connectivity index (χ3v) is 7.79. The smallest absolute Gasteiger partial charge is 0.459 e. The van der Waals surface area contributed by atoms with Gasteiger partial charge in [-0.15, -0.1) is 26.3 Å². The molecule has 0 spiro atoms. The first-order chi connectivity index (χ1) is 23.2. The van der Waals surface area contributed by atoms with Crippen LogP contribution in [0.3, 0.4) is 0 Å². The molecule has 0 saturated carbocycles. The number of nitrogens with one attached hydrogen (secondary N) is 1. The quantitative estimate of drug-likeness (QED) is 0.140. The number of hydrogen-bond donors (Lipinski definition) is 2. The van der Waals surface area contributed by atoms with Crippen molar-refractivity contribution in [2.75, 3.05) is 6.54 Å². The van der Waals surface area contributed by atoms with Crippen molar-refractivity contribution < 1.29 is 55.2 Å². The van der Waals surface area contributed by atoms with Gasteiger partial charge in [0.25, 0.3) is 0 Å². The van der Waals surface area contributed by atoms with E-state index in [1.807, 2.05) is 0 Å². The number of benzene rings is 4. The van der Waals surface area contributed by atoms with E-state index in [1.165, 1.54) is 24.3 Å². The van der Waals surface area contributed by atoms with E-state index in [2.05, 4.69) is 14.8 Å². The number of likely N-dealkylation sites (tertiary alicyclic amines) is 1. The Labute approximate surface area is 276 Å². The lowest BCUT2D eigenvalue weighted by atomic mass is 9.77. The fraction of sp³-hybridized carbons (Fsp3) is 0.257. The Balaban J connectivity index is 1.59. The molecule has 49 heavy (non-hydrogen) atoms. The van der Waals surface area contributed by atoms with Crippen molar-refractivity contribution in [3.8, 4) is 11.5 Å². The zero-order valence-corrected chi connectivity index (χ0v) is 25.6. The maximum Gasteiger partial charge on any atom is 0.573 e. The highest BCUT2D eigenvalue weighted by Gasteiger charge is 2.45. The van der Waals surface area contributed by atoms with Crippen LogP contribution >= 0.6 is 0 Å². The number of alkyl halides is 6. The molecule has 1 aliphatic heterocycles. The maximum absolute atomic E-state index is 14.2. The maximum atomic E-state index is 14.2. The number of aliphatic hydroxyl groups excluding tert-OH is 1. The van der Waals surface area contributed by atoms with Crippen LogP contribution in [0.15, 0.2) is 109 Å². The van der Waals surface area contributed by atoms with Gasteiger partial charge in [0.15, 0.2) is 0 Å². The number of amides is 2. The molecule has 1 unspecified atom stereocenters. The van der Waals surface area contributed by atoms with Crippen molar-refractivity contribution in [3.05, 3.63) is 131 Å². The number of urea groups is 1. The molecule has 0 bridgehead atoms. The first-order valence-corrected chi connectivity index (χ1v) is 14.9. The van der Waals surface area contributed by atoms with Crippen LogP contribution in [0, 0.1) is 0 Å². The lowest BCUT2D eigenvalue weighted by Gasteiger charge is -2.38. The third kappa shape index (κ3) is 9.22. The summed E-state index contributed by atoms with van der Waals surface area (Å²) in [5.74, 6) is -2.12. The second kappa shape index (κ2) is 14.5. The average molecular weight is 689 g/mol. The molecular weight excluding hydrogens is 658 g/mol. The molecule has 1 aliphatic rings. The summed E-state index contributed by atoms with van der Waals surface area (Å²) in [6.45, 7) is -0.426. The molecule has 8 nitrogen and oxygen atoms in total. The van der Waals surface area contributed by atoms with E-state index in [0.717, 1.165) is 29.2 Å². The fourth-order valence-corrected chi connectivity index (χ4v) is 5.72. The van der Waals surface area contributed by atoms with E-state index in [4.69, 9.17) is 4.74 Å². The molecule has 4 aromatic carbocycles. The molecule has 258 valence electrons. The Hall–Kier alpha value is -5.24. The summed E-state index contributed by atoms with van der Waals surface area (Å²) in [5.41, 5.74) is -0.681. The minimum atomic E-state index is -5.08. The SMILES string of the molecule is O=C(OCc1ccccc1)[C@@H]1CC(O)CN1C(=O)NC(Cc1ccccc1)(c1cccc(OC(F)(F)F)c1)c1cccc(OC(F)(F)F)c1. The van der Waals surface area contributed by atoms with Crippen molar-refractivity contribution in [1.29, 1.82) is 0 Å². The van der Waals surface area contributed by atoms with Crippen LogP contribution in [0.25, 0.3) is 0 Å². The highest BCUT2D eigenvalue weighted by molar-refractivity contribution is 5.85. The van der Waals surface area contributed by atoms with Gasteiger partial charge in [-0.25, -0.2) is 9.59 Å². The first-order valence-electron chi connectivity index (χ1n) is 14.9. The van der Waals surface area contributed by atoms with Crippen molar-refractivity contribution >= 4 is 12.0 Å². The monoisotopic (exact) mass is 688 g/mol. The Morgan fingerprint density at radius 3 is 1.76 bits per heavy atom. The molecule has 0 radical (unpaired) electrons. The van der Waals surface area contributed by atoms with Crippen LogP contribution in [0.5, 0.6) is 11.5 Å². The van der Waals surface area contributed by atoms with Gasteiger partial charge in [0.2, 0.25) is 0 Å². The molecule has 14 heteroatoms. The standard InChI is InChI=1S/C35H30F6N2O6/c36-34(37,38)48-28-15-7-13-25(17-28)33(20-23-9-3-1-4-10-23,26-14-8-16-29(18-26)49-35(39,40)41)42-32(46)43-21-27(44)19-30(43)31(45)47-22-24-11-5-2-6-12-24/h1-18,27,30,44H,19-22H2,(H,42,46)/t27?,30-/m0/s1. The van der Waals surface area contributed by atoms with E-state index in [9.17, 15) is 41.0 Å². The number of ether oxygens (including phenoxy) is 3. The van der Waals surface area contributed by atoms with Crippen molar-refractivity contribution in [1.82, 2.24) is 10.2 Å². The van der Waals surface area contributed by atoms with Crippen LogP contribution in [0.1, 0.15) is 28.7 Å². The fourth-order valence-electron chi connectivity index (χ4n) is 5.72. The van der Waals surface area contributed by atoms with Crippen molar-refractivity contribution in [2.24, 2.45) is 0 Å². The number of esters is 1. The van der Waals surface area contributed by atoms with Gasteiger partial charge in [-0.3, -0.25) is 0 Å². The number of β-amino-alcohol motifs (C(OH)–C–C–N with tert-alkyl or cyclic N) is 1. The van der Waals surface area contributed by atoms with Gasteiger partial charge >= 0.3 is 24.7 Å². The zero-order valence-electron chi connectivity index (χ0n) is 25.6. The van der Waals surface area contributed by atoms with Crippen LogP contribution in [0.2, 0.25) is 0 Å². The number of rotatable bonds is 10. The molecule has 2 atom stereocenters. The summed E-state index contributed by atoms with van der Waals surface area (Å²) in [5, 5.41) is 13.3. The molecular formula is C35H30F6N2O6. The van der Waals surface area contributed by atoms with Gasteiger partial charge in [-0.05, 0) is 46.5 Å². The second-order valence-corrected chi connectivity index (χ2v) is 11.3. The summed E-state index contributed by atoms with van der Waals surface area (Å²) < 4.78 is 93.6. The van der Waals surface area contributed by atoms with Crippen molar-refractivity contribution in [3.63, 3.8) is 0 Å². The highest BCUT2D eigenvalue weighted by atomic mass is 19.4. The predicted molar refractivity (Wildman–Crippen MR) is 163 cm³/mol. The number of nitrogens with zero attached hydrogens (tertiary/aromatic N) is 1. The van der Waals surface area contributed by atoms with Crippen molar-refractivity contribution in [2.45, 2.75) is 49.9 Å². The number of halogens is 6. The van der Waals surface area contributed by atoms with E-state index < -0.39 is 53.9 Å². The molecule has 2 amide bonds. The minimum absolute atomic E-state index is 0.00133. The van der Waals surface area contributed by atoms with Gasteiger partial charge in [-0.2, -0.15) is 0 Å². The molecule has 0 aliphatic carbocycles. The molecule has 5 rings (SSSR count). The first kappa shape index (κ1) is 35.1. The van der Waals surface area contributed by atoms with E-state index >= 15 is 0 Å². The normalized spacial score (nSPS) is 16.6. The second-order valence-electron chi connectivity index (χ2n) is 11.3. The highest BCUT2D eigenvalue weighted by Crippen LogP contribution is 2.39. The molecule has 4 aromatic rings. The lowest BCUT2D eigenvalue weighted by Crippen LogP contribution is -2.55. The lowest BCUT2D eigenvalue weighted by molar-refractivity contribution is -0.275. The van der Waals surface area contributed by atoms with E-state index in [1.54, 1.807) is 60.7 Å². The Morgan fingerprint density at radius 1 is 0.735 bits per heavy atom. The Morgan fingerprint density at radius 2 is 1.24 bits per heavy atom. The van der Waals surface area contributed by atoms with Gasteiger partial charge in [0.05, 0.1) is 11.6 Å². The van der Waals surface area contributed by atoms with Crippen LogP contribution in [-0.2, 0) is 28.1 Å². The van der Waals surface area contributed by atoms with Gasteiger partial charge in [0, 0.05) is 19.4 Å². The topological polar surface area (TPSA) is 97.3 Å². The Bertz CT molecular complexity index is 1680. The van der Waals surface area contributed by atoms with Crippen LogP contribution < -0.4 is 14.8 Å². The average Bonchev–Trinajstić information content (AvgIpc) is 3.45. The van der Waals surface area contributed by atoms with Crippen LogP contribution in [0.4, 0.5) is 31.1 Å². The van der Waals surface area contributed by atoms with E-state index in [-0.39, 0.29) is 37.1 Å². The number of hydrogen-bond acceptors (Lipinski definition) is 6.